The van der Waals surface area contributed by atoms with Crippen LogP contribution in [0.3, 0.4) is 0 Å². The Balaban J connectivity index is 1.57. The highest BCUT2D eigenvalue weighted by Gasteiger charge is 2.37. The van der Waals surface area contributed by atoms with E-state index in [1.165, 1.54) is 11.8 Å². The first-order chi connectivity index (χ1) is 15.6. The molecule has 2 heterocycles. The Labute approximate surface area is 189 Å². The lowest BCUT2D eigenvalue weighted by molar-refractivity contribution is -0.116. The molecule has 7 heteroatoms. The summed E-state index contributed by atoms with van der Waals surface area (Å²) in [6.45, 7) is 0. The molecule has 2 N–H and O–H groups in total. The van der Waals surface area contributed by atoms with Crippen LogP contribution >= 0.6 is 11.8 Å². The number of aromatic nitrogens is 2. The van der Waals surface area contributed by atoms with Crippen molar-refractivity contribution in [3.8, 4) is 6.07 Å². The van der Waals surface area contributed by atoms with E-state index >= 15 is 0 Å². The minimum atomic E-state index is -0.494. The van der Waals surface area contributed by atoms with E-state index in [-0.39, 0.29) is 11.3 Å². The number of hydrogen-bond donors (Lipinski definition) is 2. The van der Waals surface area contributed by atoms with Gasteiger partial charge in [-0.2, -0.15) is 5.26 Å². The van der Waals surface area contributed by atoms with Gasteiger partial charge in [-0.3, -0.25) is 9.59 Å². The summed E-state index contributed by atoms with van der Waals surface area (Å²) in [7, 11) is 0. The number of benzene rings is 2. The van der Waals surface area contributed by atoms with E-state index < -0.39 is 5.92 Å². The van der Waals surface area contributed by atoms with Crippen molar-refractivity contribution < 1.29 is 4.79 Å². The van der Waals surface area contributed by atoms with Gasteiger partial charge in [-0.05, 0) is 36.1 Å². The SMILES string of the molecule is N#Cc1ccc(C2C3=C(CCCC3=O)Nc3nc(SCc4ccccc4)[nH]c(=O)c32)cc1. The number of nitrogens with zero attached hydrogens (tertiary/aromatic N) is 2. The molecule has 0 saturated carbocycles. The zero-order valence-corrected chi connectivity index (χ0v) is 18.0. The van der Waals surface area contributed by atoms with Crippen LogP contribution in [-0.2, 0) is 10.5 Å². The number of H-pyrrole nitrogens is 1. The summed E-state index contributed by atoms with van der Waals surface area (Å²) in [5.74, 6) is 0.757. The fraction of sp³-hybridized carbons (Fsp3) is 0.200. The zero-order chi connectivity index (χ0) is 22.1. The third kappa shape index (κ3) is 3.74. The number of hydrogen-bond acceptors (Lipinski definition) is 6. The molecule has 6 nitrogen and oxygen atoms in total. The molecular weight excluding hydrogens is 420 g/mol. The molecule has 0 radical (unpaired) electrons. The van der Waals surface area contributed by atoms with Gasteiger partial charge in [0.15, 0.2) is 10.9 Å². The van der Waals surface area contributed by atoms with Crippen LogP contribution in [-0.4, -0.2) is 15.8 Å². The number of aromatic amines is 1. The van der Waals surface area contributed by atoms with E-state index in [1.54, 1.807) is 12.1 Å². The Morgan fingerprint density at radius 3 is 2.59 bits per heavy atom. The average Bonchev–Trinajstić information content (AvgIpc) is 2.82. The van der Waals surface area contributed by atoms with Crippen LogP contribution < -0.4 is 10.9 Å². The highest BCUT2D eigenvalue weighted by molar-refractivity contribution is 7.98. The van der Waals surface area contributed by atoms with E-state index in [0.717, 1.165) is 29.7 Å². The molecule has 2 aliphatic rings. The Morgan fingerprint density at radius 1 is 1.06 bits per heavy atom. The van der Waals surface area contributed by atoms with Crippen LogP contribution in [0.15, 0.2) is 75.8 Å². The molecule has 0 saturated heterocycles. The number of nitrogens with one attached hydrogen (secondary N) is 2. The highest BCUT2D eigenvalue weighted by Crippen LogP contribution is 2.43. The molecule has 2 aromatic carbocycles. The van der Waals surface area contributed by atoms with Gasteiger partial charge in [0.2, 0.25) is 0 Å². The second-order valence-corrected chi connectivity index (χ2v) is 8.83. The summed E-state index contributed by atoms with van der Waals surface area (Å²) in [4.78, 5) is 33.8. The zero-order valence-electron chi connectivity index (χ0n) is 17.2. The summed E-state index contributed by atoms with van der Waals surface area (Å²) in [5, 5.41) is 13.0. The standard InChI is InChI=1S/C25H20N4O2S/c26-13-15-9-11-17(12-10-15)20-21-18(7-4-8-19(21)30)27-23-22(20)24(31)29-25(28-23)32-14-16-5-2-1-3-6-16/h1-3,5-6,9-12,20H,4,7-8,14H2,(H2,27,28,29,31). The molecule has 1 unspecified atom stereocenters. The third-order valence-corrected chi connectivity index (χ3v) is 6.77. The van der Waals surface area contributed by atoms with Crippen molar-refractivity contribution in [1.29, 1.82) is 5.26 Å². The van der Waals surface area contributed by atoms with E-state index in [9.17, 15) is 9.59 Å². The lowest BCUT2D eigenvalue weighted by Crippen LogP contribution is -2.32. The molecule has 1 aliphatic carbocycles. The molecule has 3 aromatic rings. The number of carbonyl (C=O) groups excluding carboxylic acids is 1. The van der Waals surface area contributed by atoms with Gasteiger partial charge in [0.25, 0.3) is 5.56 Å². The van der Waals surface area contributed by atoms with E-state index in [1.807, 2.05) is 42.5 Å². The Kier molecular flexibility index (Phi) is 5.38. The highest BCUT2D eigenvalue weighted by atomic mass is 32.2. The lowest BCUT2D eigenvalue weighted by Gasteiger charge is -2.32. The second kappa shape index (κ2) is 8.48. The first-order valence-corrected chi connectivity index (χ1v) is 11.5. The van der Waals surface area contributed by atoms with Crippen LogP contribution in [0.2, 0.25) is 0 Å². The Bertz CT molecular complexity index is 1320. The van der Waals surface area contributed by atoms with Gasteiger partial charge in [-0.25, -0.2) is 4.98 Å². The van der Waals surface area contributed by atoms with Gasteiger partial charge in [-0.15, -0.1) is 0 Å². The number of allylic oxidation sites excluding steroid dienone is 2. The normalized spacial score (nSPS) is 17.2. The fourth-order valence-electron chi connectivity index (χ4n) is 4.32. The van der Waals surface area contributed by atoms with Crippen molar-refractivity contribution in [2.45, 2.75) is 36.1 Å². The van der Waals surface area contributed by atoms with Crippen LogP contribution in [0.4, 0.5) is 5.82 Å². The van der Waals surface area contributed by atoms with Crippen LogP contribution in [0.1, 0.15) is 47.4 Å². The van der Waals surface area contributed by atoms with Gasteiger partial charge < -0.3 is 10.3 Å². The number of carbonyl (C=O) groups is 1. The average molecular weight is 441 g/mol. The van der Waals surface area contributed by atoms with Gasteiger partial charge in [-0.1, -0.05) is 54.2 Å². The number of rotatable bonds is 4. The summed E-state index contributed by atoms with van der Waals surface area (Å²) in [6, 6.07) is 19.2. The third-order valence-electron chi connectivity index (χ3n) is 5.83. The van der Waals surface area contributed by atoms with Crippen LogP contribution in [0, 0.1) is 11.3 Å². The van der Waals surface area contributed by atoms with Crippen molar-refractivity contribution >= 4 is 23.4 Å². The number of fused-ring (bicyclic) bond motifs is 1. The van der Waals surface area contributed by atoms with Crippen LogP contribution in [0.25, 0.3) is 0 Å². The molecule has 1 atom stereocenters. The number of Topliss-reactive ketones (excluding diaryl/α,β-unsaturated/α-hetero) is 1. The Morgan fingerprint density at radius 2 is 1.84 bits per heavy atom. The number of anilines is 1. The molecule has 1 aliphatic heterocycles. The van der Waals surface area contributed by atoms with Crippen molar-refractivity contribution in [1.82, 2.24) is 9.97 Å². The smallest absolute Gasteiger partial charge is 0.257 e. The summed E-state index contributed by atoms with van der Waals surface area (Å²) in [6.07, 6.45) is 1.99. The minimum Gasteiger partial charge on any atom is -0.343 e. The molecular formula is C25H20N4O2S. The van der Waals surface area contributed by atoms with E-state index in [4.69, 9.17) is 10.2 Å². The van der Waals surface area contributed by atoms with Gasteiger partial charge >= 0.3 is 0 Å². The number of thioether (sulfide) groups is 1. The summed E-state index contributed by atoms with van der Waals surface area (Å²) < 4.78 is 0. The van der Waals surface area contributed by atoms with Gasteiger partial charge in [0.05, 0.1) is 17.2 Å². The van der Waals surface area contributed by atoms with Crippen molar-refractivity contribution in [3.05, 3.63) is 98.5 Å². The topological polar surface area (TPSA) is 98.6 Å². The molecule has 5 rings (SSSR count). The fourth-order valence-corrected chi connectivity index (χ4v) is 5.13. The first-order valence-electron chi connectivity index (χ1n) is 10.5. The Hall–Kier alpha value is -3.63. The van der Waals surface area contributed by atoms with Crippen LogP contribution in [0.5, 0.6) is 0 Å². The predicted octanol–water partition coefficient (Wildman–Crippen LogP) is 4.50. The molecule has 158 valence electrons. The van der Waals surface area contributed by atoms with Gasteiger partial charge in [0.1, 0.15) is 5.82 Å². The maximum atomic E-state index is 13.2. The van der Waals surface area contributed by atoms with Crippen molar-refractivity contribution in [2.24, 2.45) is 0 Å². The monoisotopic (exact) mass is 440 g/mol. The maximum absolute atomic E-state index is 13.2. The molecule has 0 amide bonds. The molecule has 0 fully saturated rings. The number of ketones is 1. The van der Waals surface area contributed by atoms with E-state index in [0.29, 0.717) is 39.8 Å². The molecule has 0 bridgehead atoms. The minimum absolute atomic E-state index is 0.0562. The number of nitriles is 1. The van der Waals surface area contributed by atoms with Crippen molar-refractivity contribution in [2.75, 3.05) is 5.32 Å². The lowest BCUT2D eigenvalue weighted by atomic mass is 9.76. The van der Waals surface area contributed by atoms with E-state index in [2.05, 4.69) is 16.4 Å². The molecule has 1 aromatic heterocycles. The summed E-state index contributed by atoms with van der Waals surface area (Å²) in [5.41, 5.74) is 4.18. The summed E-state index contributed by atoms with van der Waals surface area (Å²) >= 11 is 1.47. The van der Waals surface area contributed by atoms with Crippen molar-refractivity contribution in [3.63, 3.8) is 0 Å². The molecule has 32 heavy (non-hydrogen) atoms. The second-order valence-electron chi connectivity index (χ2n) is 7.87. The first kappa shape index (κ1) is 20.3. The quantitative estimate of drug-likeness (QED) is 0.458. The largest absolute Gasteiger partial charge is 0.343 e. The maximum Gasteiger partial charge on any atom is 0.257 e. The molecule has 0 spiro atoms. The van der Waals surface area contributed by atoms with Gasteiger partial charge in [0, 0.05) is 29.4 Å². The predicted molar refractivity (Wildman–Crippen MR) is 123 cm³/mol.